The van der Waals surface area contributed by atoms with E-state index in [-0.39, 0.29) is 30.1 Å². The molecule has 0 aliphatic carbocycles. The lowest BCUT2D eigenvalue weighted by Gasteiger charge is -2.13. The number of amides is 1. The predicted molar refractivity (Wildman–Crippen MR) is 111 cm³/mol. The van der Waals surface area contributed by atoms with E-state index in [4.69, 9.17) is 9.47 Å². The van der Waals surface area contributed by atoms with Gasteiger partial charge in [0.2, 0.25) is 10.0 Å². The monoisotopic (exact) mass is 418 g/mol. The van der Waals surface area contributed by atoms with Crippen molar-refractivity contribution >= 4 is 21.6 Å². The van der Waals surface area contributed by atoms with Crippen molar-refractivity contribution < 1.29 is 22.7 Å². The number of benzene rings is 2. The van der Waals surface area contributed by atoms with Gasteiger partial charge < -0.3 is 14.8 Å². The fraction of sp³-hybridized carbons (Fsp3) is 0.381. The third-order valence-electron chi connectivity index (χ3n) is 4.73. The van der Waals surface area contributed by atoms with Crippen molar-refractivity contribution in [2.24, 2.45) is 0 Å². The molecule has 1 fully saturated rings. The Morgan fingerprint density at radius 1 is 1.14 bits per heavy atom. The van der Waals surface area contributed by atoms with Crippen molar-refractivity contribution in [3.8, 4) is 5.75 Å². The van der Waals surface area contributed by atoms with Crippen LogP contribution in [-0.4, -0.2) is 40.2 Å². The third-order valence-corrected chi connectivity index (χ3v) is 6.17. The van der Waals surface area contributed by atoms with Gasteiger partial charge in [0.1, 0.15) is 5.75 Å². The summed E-state index contributed by atoms with van der Waals surface area (Å²) in [6, 6.07) is 11.8. The van der Waals surface area contributed by atoms with Crippen molar-refractivity contribution in [1.29, 1.82) is 0 Å². The number of anilines is 1. The second-order valence-electron chi connectivity index (χ2n) is 7.07. The lowest BCUT2D eigenvalue weighted by atomic mass is 10.1. The van der Waals surface area contributed by atoms with Crippen LogP contribution >= 0.6 is 0 Å². The Kier molecular flexibility index (Phi) is 6.89. The number of carbonyl (C=O) groups excluding carboxylic acids is 1. The van der Waals surface area contributed by atoms with Crippen LogP contribution in [0.1, 0.15) is 24.0 Å². The minimum Gasteiger partial charge on any atom is -0.483 e. The van der Waals surface area contributed by atoms with Gasteiger partial charge in [-0.15, -0.1) is 0 Å². The number of rotatable bonds is 8. The topological polar surface area (TPSA) is 93.7 Å². The average molecular weight is 419 g/mol. The zero-order chi connectivity index (χ0) is 20.9. The number of carbonyl (C=O) groups is 1. The lowest BCUT2D eigenvalue weighted by Crippen LogP contribution is -2.31. The van der Waals surface area contributed by atoms with Gasteiger partial charge >= 0.3 is 0 Å². The summed E-state index contributed by atoms with van der Waals surface area (Å²) < 4.78 is 38.4. The maximum atomic E-state index is 12.4. The van der Waals surface area contributed by atoms with E-state index in [0.29, 0.717) is 18.0 Å². The third kappa shape index (κ3) is 5.79. The van der Waals surface area contributed by atoms with Crippen LogP contribution < -0.4 is 14.8 Å². The van der Waals surface area contributed by atoms with Crippen molar-refractivity contribution in [1.82, 2.24) is 4.72 Å². The Hall–Kier alpha value is -2.42. The number of hydrogen-bond acceptors (Lipinski definition) is 5. The van der Waals surface area contributed by atoms with Crippen molar-refractivity contribution in [2.45, 2.75) is 37.7 Å². The molecule has 2 N–H and O–H groups in total. The van der Waals surface area contributed by atoms with Crippen LogP contribution in [0.15, 0.2) is 47.4 Å². The summed E-state index contributed by atoms with van der Waals surface area (Å²) >= 11 is 0. The Labute approximate surface area is 171 Å². The van der Waals surface area contributed by atoms with Gasteiger partial charge in [-0.2, -0.15) is 0 Å². The van der Waals surface area contributed by atoms with Gasteiger partial charge in [-0.25, -0.2) is 13.1 Å². The largest absolute Gasteiger partial charge is 0.483 e. The second kappa shape index (κ2) is 9.39. The summed E-state index contributed by atoms with van der Waals surface area (Å²) in [4.78, 5) is 12.3. The number of sulfonamides is 1. The van der Waals surface area contributed by atoms with Crippen molar-refractivity contribution in [3.05, 3.63) is 53.6 Å². The van der Waals surface area contributed by atoms with E-state index in [9.17, 15) is 13.2 Å². The number of para-hydroxylation sites is 1. The molecule has 29 heavy (non-hydrogen) atoms. The number of nitrogens with one attached hydrogen (secondary N) is 2. The first kappa shape index (κ1) is 21.3. The maximum Gasteiger partial charge on any atom is 0.262 e. The van der Waals surface area contributed by atoms with E-state index in [1.807, 2.05) is 32.0 Å². The average Bonchev–Trinajstić information content (AvgIpc) is 3.20. The molecule has 0 aromatic heterocycles. The molecule has 7 nitrogen and oxygen atoms in total. The molecule has 1 heterocycles. The van der Waals surface area contributed by atoms with Crippen molar-refractivity contribution in [3.63, 3.8) is 0 Å². The van der Waals surface area contributed by atoms with E-state index in [1.54, 1.807) is 12.1 Å². The first-order valence-electron chi connectivity index (χ1n) is 9.55. The lowest BCUT2D eigenvalue weighted by molar-refractivity contribution is -0.118. The molecule has 1 aliphatic heterocycles. The molecular weight excluding hydrogens is 392 g/mol. The summed E-state index contributed by atoms with van der Waals surface area (Å²) in [7, 11) is -3.62. The van der Waals surface area contributed by atoms with E-state index in [2.05, 4.69) is 10.0 Å². The molecule has 8 heteroatoms. The number of hydrogen-bond donors (Lipinski definition) is 2. The summed E-state index contributed by atoms with van der Waals surface area (Å²) in [5.41, 5.74) is 2.42. The maximum absolute atomic E-state index is 12.4. The second-order valence-corrected chi connectivity index (χ2v) is 8.84. The summed E-state index contributed by atoms with van der Waals surface area (Å²) in [5, 5.41) is 2.71. The summed E-state index contributed by atoms with van der Waals surface area (Å²) in [5.74, 6) is 0.376. The predicted octanol–water partition coefficient (Wildman–Crippen LogP) is 2.78. The van der Waals surface area contributed by atoms with E-state index in [0.717, 1.165) is 24.0 Å². The summed E-state index contributed by atoms with van der Waals surface area (Å²) in [6.07, 6.45) is 1.74. The van der Waals surface area contributed by atoms with Crippen LogP contribution in [0.2, 0.25) is 0 Å². The fourth-order valence-electron chi connectivity index (χ4n) is 3.17. The molecule has 0 radical (unpaired) electrons. The molecule has 0 saturated carbocycles. The highest BCUT2D eigenvalue weighted by Crippen LogP contribution is 2.22. The van der Waals surface area contributed by atoms with Crippen LogP contribution in [0, 0.1) is 13.8 Å². The first-order chi connectivity index (χ1) is 13.8. The van der Waals surface area contributed by atoms with Gasteiger partial charge in [0, 0.05) is 18.8 Å². The first-order valence-corrected chi connectivity index (χ1v) is 11.0. The molecule has 1 aliphatic rings. The van der Waals surface area contributed by atoms with Gasteiger partial charge in [0.15, 0.2) is 6.61 Å². The minimum atomic E-state index is -3.62. The van der Waals surface area contributed by atoms with E-state index >= 15 is 0 Å². The van der Waals surface area contributed by atoms with Gasteiger partial charge in [-0.05, 0) is 62.1 Å². The quantitative estimate of drug-likeness (QED) is 0.688. The highest BCUT2D eigenvalue weighted by Gasteiger charge is 2.20. The Morgan fingerprint density at radius 3 is 2.45 bits per heavy atom. The molecule has 156 valence electrons. The Balaban J connectivity index is 1.53. The molecular formula is C21H26N2O5S. The van der Waals surface area contributed by atoms with Crippen LogP contribution in [0.3, 0.4) is 0 Å². The molecule has 2 aromatic carbocycles. The van der Waals surface area contributed by atoms with Crippen LogP contribution in [0.25, 0.3) is 0 Å². The molecule has 1 amide bonds. The molecule has 1 atom stereocenters. The SMILES string of the molecule is Cc1cccc(C)c1OCC(=O)Nc1ccc(S(=O)(=O)NCC2CCCO2)cc1. The zero-order valence-corrected chi connectivity index (χ0v) is 17.4. The van der Waals surface area contributed by atoms with Gasteiger partial charge in [0.05, 0.1) is 11.0 Å². The standard InChI is InChI=1S/C21H26N2O5S/c1-15-5-3-6-16(2)21(15)28-14-20(24)23-17-8-10-19(11-9-17)29(25,26)22-13-18-7-4-12-27-18/h3,5-6,8-11,18,22H,4,7,12-14H2,1-2H3,(H,23,24). The smallest absolute Gasteiger partial charge is 0.262 e. The number of ether oxygens (including phenoxy) is 2. The fourth-order valence-corrected chi connectivity index (χ4v) is 4.24. The molecule has 1 unspecified atom stereocenters. The summed E-state index contributed by atoms with van der Waals surface area (Å²) in [6.45, 7) is 4.65. The Bertz CT molecular complexity index is 931. The Morgan fingerprint density at radius 2 is 1.83 bits per heavy atom. The molecule has 2 aromatic rings. The highest BCUT2D eigenvalue weighted by molar-refractivity contribution is 7.89. The van der Waals surface area contributed by atoms with E-state index in [1.165, 1.54) is 12.1 Å². The van der Waals surface area contributed by atoms with Crippen LogP contribution in [0.4, 0.5) is 5.69 Å². The zero-order valence-electron chi connectivity index (χ0n) is 16.6. The normalized spacial score (nSPS) is 16.6. The minimum absolute atomic E-state index is 0.0692. The van der Waals surface area contributed by atoms with Gasteiger partial charge in [-0.3, -0.25) is 4.79 Å². The molecule has 0 spiro atoms. The van der Waals surface area contributed by atoms with Crippen LogP contribution in [-0.2, 0) is 19.6 Å². The molecule has 1 saturated heterocycles. The number of aryl methyl sites for hydroxylation is 2. The van der Waals surface area contributed by atoms with Crippen molar-refractivity contribution in [2.75, 3.05) is 25.1 Å². The van der Waals surface area contributed by atoms with Gasteiger partial charge in [-0.1, -0.05) is 18.2 Å². The highest BCUT2D eigenvalue weighted by atomic mass is 32.2. The molecule has 3 rings (SSSR count). The molecule has 0 bridgehead atoms. The van der Waals surface area contributed by atoms with E-state index < -0.39 is 10.0 Å². The van der Waals surface area contributed by atoms with Crippen LogP contribution in [0.5, 0.6) is 5.75 Å². The van der Waals surface area contributed by atoms with Gasteiger partial charge in [0.25, 0.3) is 5.91 Å².